The number of nitrogen functional groups attached to an aromatic ring is 1. The number of methoxy groups -OCH3 is 1. The van der Waals surface area contributed by atoms with Gasteiger partial charge >= 0.3 is 0 Å². The summed E-state index contributed by atoms with van der Waals surface area (Å²) in [7, 11) is 1.65. The number of fused-ring (bicyclic) bond motifs is 1. The highest BCUT2D eigenvalue weighted by Gasteiger charge is 2.17. The quantitative estimate of drug-likeness (QED) is 0.346. The van der Waals surface area contributed by atoms with E-state index in [0.29, 0.717) is 16.2 Å². The van der Waals surface area contributed by atoms with E-state index in [4.69, 9.17) is 27.7 Å². The van der Waals surface area contributed by atoms with Gasteiger partial charge in [0.25, 0.3) is 0 Å². The molecule has 0 spiro atoms. The van der Waals surface area contributed by atoms with Crippen LogP contribution in [0.25, 0.3) is 39.1 Å². The molecule has 0 aliphatic rings. The summed E-state index contributed by atoms with van der Waals surface area (Å²) in [4.78, 5) is 9.51. The first-order valence-corrected chi connectivity index (χ1v) is 10.5. The van der Waals surface area contributed by atoms with Gasteiger partial charge in [-0.15, -0.1) is 0 Å². The van der Waals surface area contributed by atoms with E-state index in [2.05, 4.69) is 23.2 Å². The predicted molar refractivity (Wildman–Crippen MR) is 132 cm³/mol. The molecule has 0 atom stereocenters. The van der Waals surface area contributed by atoms with Crippen LogP contribution in [0.2, 0.25) is 0 Å². The molecule has 0 amide bonds. The van der Waals surface area contributed by atoms with Crippen molar-refractivity contribution in [3.05, 3.63) is 95.8 Å². The fraction of sp³-hybridized carbons (Fsp3) is 0.0385. The van der Waals surface area contributed by atoms with Gasteiger partial charge in [-0.2, -0.15) is 4.98 Å². The second kappa shape index (κ2) is 8.24. The molecule has 0 fully saturated rings. The minimum absolute atomic E-state index is 0.361. The molecule has 2 heterocycles. The van der Waals surface area contributed by atoms with Crippen molar-refractivity contribution in [2.75, 3.05) is 12.8 Å². The second-order valence-electron chi connectivity index (χ2n) is 7.30. The van der Waals surface area contributed by atoms with Crippen LogP contribution in [0.5, 0.6) is 5.75 Å². The number of para-hydroxylation sites is 1. The standard InChI is InChI=1S/C26H20N4OS/c1-31-20-14-12-18(13-15-20)22-16-21(17-8-4-2-5-9-17)23-24(27)30(19-10-6-3-7-11-19)26(32)29-25(23)28-22/h2-16H,27H2,1H3. The summed E-state index contributed by atoms with van der Waals surface area (Å²) >= 11 is 5.62. The summed E-state index contributed by atoms with van der Waals surface area (Å²) in [6.07, 6.45) is 0. The van der Waals surface area contributed by atoms with E-state index in [1.54, 1.807) is 11.7 Å². The second-order valence-corrected chi connectivity index (χ2v) is 7.66. The third-order valence-corrected chi connectivity index (χ3v) is 5.65. The van der Waals surface area contributed by atoms with Crippen LogP contribution in [-0.2, 0) is 0 Å². The highest BCUT2D eigenvalue weighted by molar-refractivity contribution is 7.71. The van der Waals surface area contributed by atoms with Gasteiger partial charge in [-0.3, -0.25) is 4.57 Å². The summed E-state index contributed by atoms with van der Waals surface area (Å²) < 4.78 is 7.44. The number of anilines is 1. The molecule has 156 valence electrons. The SMILES string of the molecule is COc1ccc(-c2cc(-c3ccccc3)c3c(N)n(-c4ccccc4)c(=S)nc3n2)cc1. The van der Waals surface area contributed by atoms with E-state index in [9.17, 15) is 0 Å². The first kappa shape index (κ1) is 19.9. The van der Waals surface area contributed by atoms with Gasteiger partial charge in [0, 0.05) is 11.3 Å². The number of pyridine rings is 1. The van der Waals surface area contributed by atoms with Crippen molar-refractivity contribution in [1.29, 1.82) is 0 Å². The Labute approximate surface area is 190 Å². The van der Waals surface area contributed by atoms with E-state index < -0.39 is 0 Å². The number of nitrogens with two attached hydrogens (primary N) is 1. The van der Waals surface area contributed by atoms with Crippen LogP contribution in [0.4, 0.5) is 5.82 Å². The molecule has 5 aromatic rings. The van der Waals surface area contributed by atoms with E-state index >= 15 is 0 Å². The van der Waals surface area contributed by atoms with Crippen LogP contribution < -0.4 is 10.5 Å². The molecule has 6 heteroatoms. The average Bonchev–Trinajstić information content (AvgIpc) is 2.84. The molecule has 2 aromatic heterocycles. The summed E-state index contributed by atoms with van der Waals surface area (Å²) in [5.74, 6) is 1.30. The predicted octanol–water partition coefficient (Wildman–Crippen LogP) is 6.07. The normalized spacial score (nSPS) is 10.9. The average molecular weight is 437 g/mol. The van der Waals surface area contributed by atoms with E-state index in [1.165, 1.54) is 0 Å². The summed E-state index contributed by atoms with van der Waals surface area (Å²) in [5.41, 5.74) is 11.8. The Balaban J connectivity index is 1.83. The van der Waals surface area contributed by atoms with Crippen molar-refractivity contribution in [2.24, 2.45) is 0 Å². The van der Waals surface area contributed by atoms with Gasteiger partial charge in [0.2, 0.25) is 4.77 Å². The van der Waals surface area contributed by atoms with E-state index in [-0.39, 0.29) is 0 Å². The lowest BCUT2D eigenvalue weighted by molar-refractivity contribution is 0.415. The summed E-state index contributed by atoms with van der Waals surface area (Å²) in [5, 5.41) is 0.769. The lowest BCUT2D eigenvalue weighted by atomic mass is 9.99. The number of ether oxygens (including phenoxy) is 1. The van der Waals surface area contributed by atoms with Crippen LogP contribution >= 0.6 is 12.2 Å². The van der Waals surface area contributed by atoms with Crippen molar-refractivity contribution in [2.45, 2.75) is 0 Å². The van der Waals surface area contributed by atoms with Crippen LogP contribution in [-0.4, -0.2) is 21.6 Å². The smallest absolute Gasteiger partial charge is 0.207 e. The Bertz CT molecular complexity index is 1460. The van der Waals surface area contributed by atoms with E-state index in [0.717, 1.165) is 39.2 Å². The molecule has 0 radical (unpaired) electrons. The largest absolute Gasteiger partial charge is 0.497 e. The van der Waals surface area contributed by atoms with Gasteiger partial charge in [-0.05, 0) is 65.8 Å². The van der Waals surface area contributed by atoms with Gasteiger partial charge in [0.15, 0.2) is 5.65 Å². The van der Waals surface area contributed by atoms with Crippen LogP contribution in [0.1, 0.15) is 0 Å². The first-order valence-electron chi connectivity index (χ1n) is 10.1. The Hall–Kier alpha value is -4.03. The fourth-order valence-corrected chi connectivity index (χ4v) is 4.09. The lowest BCUT2D eigenvalue weighted by Crippen LogP contribution is -2.09. The fourth-order valence-electron chi connectivity index (χ4n) is 3.80. The topological polar surface area (TPSA) is 66.0 Å². The molecule has 0 bridgehead atoms. The third kappa shape index (κ3) is 3.50. The maximum Gasteiger partial charge on any atom is 0.207 e. The molecule has 5 rings (SSSR count). The Morgan fingerprint density at radius 2 is 1.47 bits per heavy atom. The molecule has 5 nitrogen and oxygen atoms in total. The molecule has 0 aliphatic heterocycles. The number of hydrogen-bond donors (Lipinski definition) is 1. The van der Waals surface area contributed by atoms with Gasteiger partial charge in [-0.25, -0.2) is 4.98 Å². The number of rotatable bonds is 4. The highest BCUT2D eigenvalue weighted by atomic mass is 32.1. The van der Waals surface area contributed by atoms with Crippen molar-refractivity contribution >= 4 is 29.1 Å². The molecule has 32 heavy (non-hydrogen) atoms. The zero-order chi connectivity index (χ0) is 22.1. The highest BCUT2D eigenvalue weighted by Crippen LogP contribution is 2.35. The van der Waals surface area contributed by atoms with Crippen molar-refractivity contribution < 1.29 is 4.74 Å². The Morgan fingerprint density at radius 3 is 2.12 bits per heavy atom. The van der Waals surface area contributed by atoms with Gasteiger partial charge in [-0.1, -0.05) is 48.5 Å². The molecular weight excluding hydrogens is 416 g/mol. The zero-order valence-electron chi connectivity index (χ0n) is 17.4. The number of nitrogens with zero attached hydrogens (tertiary/aromatic N) is 3. The van der Waals surface area contributed by atoms with Crippen LogP contribution in [0.15, 0.2) is 91.0 Å². The molecule has 0 aliphatic carbocycles. The number of hydrogen-bond acceptors (Lipinski definition) is 5. The number of aromatic nitrogens is 3. The monoisotopic (exact) mass is 436 g/mol. The van der Waals surface area contributed by atoms with Crippen molar-refractivity contribution in [3.8, 4) is 33.8 Å². The number of benzene rings is 3. The summed E-state index contributed by atoms with van der Waals surface area (Å²) in [6, 6.07) is 29.7. The van der Waals surface area contributed by atoms with Crippen molar-refractivity contribution in [1.82, 2.24) is 14.5 Å². The molecule has 0 saturated heterocycles. The lowest BCUT2D eigenvalue weighted by Gasteiger charge is -2.16. The molecule has 2 N–H and O–H groups in total. The maximum absolute atomic E-state index is 6.72. The van der Waals surface area contributed by atoms with Crippen LogP contribution in [0.3, 0.4) is 0 Å². The Kier molecular flexibility index (Phi) is 5.13. The van der Waals surface area contributed by atoms with Gasteiger partial charge < -0.3 is 10.5 Å². The van der Waals surface area contributed by atoms with Crippen molar-refractivity contribution in [3.63, 3.8) is 0 Å². The molecule has 3 aromatic carbocycles. The zero-order valence-corrected chi connectivity index (χ0v) is 18.2. The third-order valence-electron chi connectivity index (χ3n) is 5.38. The Morgan fingerprint density at radius 1 is 0.812 bits per heavy atom. The minimum Gasteiger partial charge on any atom is -0.497 e. The maximum atomic E-state index is 6.72. The van der Waals surface area contributed by atoms with Crippen LogP contribution in [0, 0.1) is 4.77 Å². The first-order chi connectivity index (χ1) is 15.7. The molecule has 0 saturated carbocycles. The van der Waals surface area contributed by atoms with Gasteiger partial charge in [0.1, 0.15) is 11.6 Å². The minimum atomic E-state index is 0.361. The van der Waals surface area contributed by atoms with E-state index in [1.807, 2.05) is 72.8 Å². The summed E-state index contributed by atoms with van der Waals surface area (Å²) in [6.45, 7) is 0. The molecular formula is C26H20N4OS. The molecule has 0 unspecified atom stereocenters. The van der Waals surface area contributed by atoms with Gasteiger partial charge in [0.05, 0.1) is 18.2 Å².